The van der Waals surface area contributed by atoms with Gasteiger partial charge in [-0.05, 0) is 31.0 Å². The number of carbonyl (C=O) groups is 1. The molecule has 1 unspecified atom stereocenters. The Bertz CT molecular complexity index is 497. The van der Waals surface area contributed by atoms with Crippen molar-refractivity contribution in [2.75, 3.05) is 19.7 Å². The highest BCUT2D eigenvalue weighted by molar-refractivity contribution is 9.10. The van der Waals surface area contributed by atoms with Crippen molar-refractivity contribution < 1.29 is 14.6 Å². The lowest BCUT2D eigenvalue weighted by Gasteiger charge is -2.31. The Morgan fingerprint density at radius 1 is 1.37 bits per heavy atom. The molecule has 0 saturated carbocycles. The Labute approximate surface area is 120 Å². The van der Waals surface area contributed by atoms with Crippen LogP contribution in [0.2, 0.25) is 0 Å². The minimum atomic E-state index is -0.259. The Morgan fingerprint density at radius 2 is 2.11 bits per heavy atom. The molecule has 1 saturated heterocycles. The number of benzene rings is 1. The lowest BCUT2D eigenvalue weighted by atomic mass is 9.98. The van der Waals surface area contributed by atoms with Crippen LogP contribution in [0.3, 0.4) is 0 Å². The summed E-state index contributed by atoms with van der Waals surface area (Å²) in [6.07, 6.45) is 1.08. The Kier molecular flexibility index (Phi) is 3.50. The monoisotopic (exact) mass is 325 g/mol. The zero-order valence-electron chi connectivity index (χ0n) is 10.5. The van der Waals surface area contributed by atoms with E-state index in [-0.39, 0.29) is 17.9 Å². The number of ether oxygens (including phenoxy) is 1. The van der Waals surface area contributed by atoms with Gasteiger partial charge in [-0.1, -0.05) is 15.9 Å². The summed E-state index contributed by atoms with van der Waals surface area (Å²) in [5, 5.41) is 9.50. The third-order valence-corrected chi connectivity index (χ3v) is 4.32. The fraction of sp³-hybridized carbons (Fsp3) is 0.500. The van der Waals surface area contributed by atoms with E-state index in [2.05, 4.69) is 15.9 Å². The van der Waals surface area contributed by atoms with Crippen molar-refractivity contribution >= 4 is 21.8 Å². The number of hydrogen-bond acceptors (Lipinski definition) is 3. The first-order valence-corrected chi connectivity index (χ1v) is 7.33. The van der Waals surface area contributed by atoms with Gasteiger partial charge in [-0.2, -0.15) is 0 Å². The van der Waals surface area contributed by atoms with E-state index in [0.717, 1.165) is 15.8 Å². The van der Waals surface area contributed by atoms with E-state index >= 15 is 0 Å². The fourth-order valence-corrected chi connectivity index (χ4v) is 3.08. The van der Waals surface area contributed by atoms with Gasteiger partial charge in [0.15, 0.2) is 0 Å². The van der Waals surface area contributed by atoms with Crippen LogP contribution in [0.1, 0.15) is 24.3 Å². The van der Waals surface area contributed by atoms with Gasteiger partial charge in [-0.3, -0.25) is 4.79 Å². The molecule has 5 heteroatoms. The minimum Gasteiger partial charge on any atom is -0.492 e. The number of piperidine rings is 1. The molecule has 0 aliphatic carbocycles. The molecule has 0 aromatic heterocycles. The van der Waals surface area contributed by atoms with Gasteiger partial charge in [0, 0.05) is 23.1 Å². The average Bonchev–Trinajstić information content (AvgIpc) is 2.81. The molecule has 3 rings (SSSR count). The summed E-state index contributed by atoms with van der Waals surface area (Å²) >= 11 is 3.43. The van der Waals surface area contributed by atoms with Crippen molar-refractivity contribution in [2.45, 2.75) is 24.9 Å². The molecule has 4 nitrogen and oxygen atoms in total. The second-order valence-corrected chi connectivity index (χ2v) is 6.02. The maximum atomic E-state index is 12.5. The maximum absolute atomic E-state index is 12.5. The zero-order chi connectivity index (χ0) is 13.4. The van der Waals surface area contributed by atoms with Crippen LogP contribution in [0.4, 0.5) is 0 Å². The maximum Gasteiger partial charge on any atom is 0.233 e. The molecule has 0 bridgehead atoms. The lowest BCUT2D eigenvalue weighted by Crippen LogP contribution is -2.42. The zero-order valence-corrected chi connectivity index (χ0v) is 12.1. The fourth-order valence-electron chi connectivity index (χ4n) is 2.70. The van der Waals surface area contributed by atoms with Crippen LogP contribution in [-0.4, -0.2) is 41.7 Å². The number of aliphatic hydroxyl groups is 1. The number of likely N-dealkylation sites (tertiary alicyclic amines) is 1. The molecule has 0 radical (unpaired) electrons. The number of rotatable bonds is 1. The summed E-state index contributed by atoms with van der Waals surface area (Å²) in [6.45, 7) is 1.70. The number of carbonyl (C=O) groups excluding carboxylic acids is 1. The number of aliphatic hydroxyl groups excluding tert-OH is 1. The largest absolute Gasteiger partial charge is 0.492 e. The van der Waals surface area contributed by atoms with Crippen LogP contribution in [0, 0.1) is 0 Å². The van der Waals surface area contributed by atoms with Crippen molar-refractivity contribution in [1.29, 1.82) is 0 Å². The van der Waals surface area contributed by atoms with Gasteiger partial charge in [-0.15, -0.1) is 0 Å². The second-order valence-electron chi connectivity index (χ2n) is 5.10. The number of fused-ring (bicyclic) bond motifs is 1. The molecule has 1 aromatic carbocycles. The highest BCUT2D eigenvalue weighted by atomic mass is 79.9. The molecule has 1 fully saturated rings. The first kappa shape index (κ1) is 12.9. The molecule has 19 heavy (non-hydrogen) atoms. The smallest absolute Gasteiger partial charge is 0.233 e. The summed E-state index contributed by atoms with van der Waals surface area (Å²) in [7, 11) is 0. The summed E-state index contributed by atoms with van der Waals surface area (Å²) in [4.78, 5) is 14.4. The predicted molar refractivity (Wildman–Crippen MR) is 74.2 cm³/mol. The molecule has 1 aromatic rings. The van der Waals surface area contributed by atoms with E-state index in [1.807, 2.05) is 23.1 Å². The van der Waals surface area contributed by atoms with Gasteiger partial charge in [0.1, 0.15) is 18.3 Å². The number of halogens is 1. The molecular weight excluding hydrogens is 310 g/mol. The van der Waals surface area contributed by atoms with Gasteiger partial charge in [0.2, 0.25) is 5.91 Å². The standard InChI is InChI=1S/C14H16BrNO3/c15-9-1-2-13-11(7-9)12(8-19-13)14(18)16-5-3-10(17)4-6-16/h1-2,7,10,12,17H,3-6,8H2. The molecule has 1 atom stereocenters. The van der Waals surface area contributed by atoms with Crippen molar-refractivity contribution in [3.05, 3.63) is 28.2 Å². The van der Waals surface area contributed by atoms with Gasteiger partial charge in [0.05, 0.1) is 6.10 Å². The van der Waals surface area contributed by atoms with E-state index in [0.29, 0.717) is 32.5 Å². The quantitative estimate of drug-likeness (QED) is 0.858. The Hall–Kier alpha value is -1.07. The van der Waals surface area contributed by atoms with Crippen LogP contribution in [0.15, 0.2) is 22.7 Å². The predicted octanol–water partition coefficient (Wildman–Crippen LogP) is 1.91. The van der Waals surface area contributed by atoms with Crippen molar-refractivity contribution in [3.8, 4) is 5.75 Å². The van der Waals surface area contributed by atoms with Crippen LogP contribution < -0.4 is 4.74 Å². The van der Waals surface area contributed by atoms with Crippen LogP contribution in [0.5, 0.6) is 5.75 Å². The van der Waals surface area contributed by atoms with Crippen molar-refractivity contribution in [2.24, 2.45) is 0 Å². The topological polar surface area (TPSA) is 49.8 Å². The molecular formula is C14H16BrNO3. The van der Waals surface area contributed by atoms with E-state index in [9.17, 15) is 9.90 Å². The minimum absolute atomic E-state index is 0.115. The number of nitrogens with zero attached hydrogens (tertiary/aromatic N) is 1. The molecule has 102 valence electrons. The number of amides is 1. The summed E-state index contributed by atoms with van der Waals surface area (Å²) in [5.41, 5.74) is 0.963. The van der Waals surface area contributed by atoms with Crippen LogP contribution in [-0.2, 0) is 4.79 Å². The molecule has 2 heterocycles. The molecule has 2 aliphatic heterocycles. The third-order valence-electron chi connectivity index (χ3n) is 3.83. The van der Waals surface area contributed by atoms with Crippen LogP contribution >= 0.6 is 15.9 Å². The second kappa shape index (κ2) is 5.13. The summed E-state index contributed by atoms with van der Waals surface area (Å²) < 4.78 is 6.54. The number of hydrogen-bond donors (Lipinski definition) is 1. The van der Waals surface area contributed by atoms with E-state index < -0.39 is 0 Å². The Morgan fingerprint density at radius 3 is 2.84 bits per heavy atom. The highest BCUT2D eigenvalue weighted by Crippen LogP contribution is 2.37. The SMILES string of the molecule is O=C(C1COc2ccc(Br)cc21)N1CCC(O)CC1. The summed E-state index contributed by atoms with van der Waals surface area (Å²) in [6, 6.07) is 5.78. The van der Waals surface area contributed by atoms with Gasteiger partial charge in [-0.25, -0.2) is 0 Å². The van der Waals surface area contributed by atoms with Gasteiger partial charge < -0.3 is 14.7 Å². The Balaban J connectivity index is 1.78. The molecule has 1 amide bonds. The van der Waals surface area contributed by atoms with Crippen molar-refractivity contribution in [3.63, 3.8) is 0 Å². The third kappa shape index (κ3) is 2.49. The van der Waals surface area contributed by atoms with Crippen molar-refractivity contribution in [1.82, 2.24) is 4.90 Å². The normalized spacial score (nSPS) is 23.1. The first-order chi connectivity index (χ1) is 9.15. The van der Waals surface area contributed by atoms with E-state index in [1.165, 1.54) is 0 Å². The van der Waals surface area contributed by atoms with E-state index in [1.54, 1.807) is 0 Å². The van der Waals surface area contributed by atoms with Gasteiger partial charge >= 0.3 is 0 Å². The van der Waals surface area contributed by atoms with E-state index in [4.69, 9.17) is 4.74 Å². The van der Waals surface area contributed by atoms with Crippen LogP contribution in [0.25, 0.3) is 0 Å². The lowest BCUT2D eigenvalue weighted by molar-refractivity contribution is -0.135. The first-order valence-electron chi connectivity index (χ1n) is 6.54. The molecule has 0 spiro atoms. The summed E-state index contributed by atoms with van der Waals surface area (Å²) in [5.74, 6) is 0.713. The molecule has 1 N–H and O–H groups in total. The average molecular weight is 326 g/mol. The molecule has 2 aliphatic rings. The highest BCUT2D eigenvalue weighted by Gasteiger charge is 2.34. The van der Waals surface area contributed by atoms with Gasteiger partial charge in [0.25, 0.3) is 0 Å².